The van der Waals surface area contributed by atoms with Gasteiger partial charge in [0.25, 0.3) is 0 Å². The second-order valence-electron chi connectivity index (χ2n) is 2.10. The maximum atomic E-state index is 5.30. The van der Waals surface area contributed by atoms with Crippen LogP contribution >= 0.6 is 0 Å². The van der Waals surface area contributed by atoms with Gasteiger partial charge < -0.3 is 15.2 Å². The molecule has 2 N–H and O–H groups in total. The molecular formula is C8H18NO2. The molecule has 0 aliphatic heterocycles. The maximum absolute atomic E-state index is 5.30. The molecule has 11 heavy (non-hydrogen) atoms. The first-order valence-electron chi connectivity index (χ1n) is 4.10. The van der Waals surface area contributed by atoms with Gasteiger partial charge in [0, 0.05) is 19.6 Å². The monoisotopic (exact) mass is 160 g/mol. The first kappa shape index (κ1) is 10.9. The highest BCUT2D eigenvalue weighted by Gasteiger charge is 2.05. The van der Waals surface area contributed by atoms with Crippen molar-refractivity contribution in [1.82, 2.24) is 0 Å². The van der Waals surface area contributed by atoms with Gasteiger partial charge in [-0.15, -0.1) is 0 Å². The molecule has 0 aliphatic carbocycles. The predicted octanol–water partition coefficient (Wildman–Crippen LogP) is 0.939. The maximum Gasteiger partial charge on any atom is 0.157 e. The topological polar surface area (TPSA) is 44.5 Å². The first-order chi connectivity index (χ1) is 5.35. The van der Waals surface area contributed by atoms with E-state index in [0.717, 1.165) is 6.42 Å². The molecule has 0 amide bonds. The van der Waals surface area contributed by atoms with Crippen molar-refractivity contribution in [3.8, 4) is 0 Å². The summed E-state index contributed by atoms with van der Waals surface area (Å²) >= 11 is 0. The molecular weight excluding hydrogens is 142 g/mol. The van der Waals surface area contributed by atoms with E-state index in [1.54, 1.807) is 0 Å². The van der Waals surface area contributed by atoms with Gasteiger partial charge in [-0.3, -0.25) is 0 Å². The molecule has 0 fully saturated rings. The van der Waals surface area contributed by atoms with E-state index >= 15 is 0 Å². The number of ether oxygens (including phenoxy) is 2. The molecule has 3 heteroatoms. The molecule has 0 spiro atoms. The molecule has 0 rings (SSSR count). The van der Waals surface area contributed by atoms with Crippen molar-refractivity contribution in [3.63, 3.8) is 0 Å². The van der Waals surface area contributed by atoms with Crippen LogP contribution < -0.4 is 5.73 Å². The largest absolute Gasteiger partial charge is 0.353 e. The fourth-order valence-corrected chi connectivity index (χ4v) is 0.788. The molecule has 0 aliphatic rings. The summed E-state index contributed by atoms with van der Waals surface area (Å²) in [6.07, 6.45) is 2.63. The van der Waals surface area contributed by atoms with Gasteiger partial charge in [0.2, 0.25) is 0 Å². The average Bonchev–Trinajstić information content (AvgIpc) is 2.01. The Morgan fingerprint density at radius 2 is 1.82 bits per heavy atom. The van der Waals surface area contributed by atoms with E-state index < -0.39 is 0 Å². The fraction of sp³-hybridized carbons (Fsp3) is 0.875. The van der Waals surface area contributed by atoms with Crippen LogP contribution in [0.3, 0.4) is 0 Å². The molecule has 0 saturated heterocycles. The van der Waals surface area contributed by atoms with E-state index in [-0.39, 0.29) is 6.29 Å². The van der Waals surface area contributed by atoms with E-state index in [1.807, 2.05) is 20.3 Å². The fourth-order valence-electron chi connectivity index (χ4n) is 0.788. The Kier molecular flexibility index (Phi) is 7.89. The van der Waals surface area contributed by atoms with Crippen LogP contribution in [-0.4, -0.2) is 26.0 Å². The number of hydrogen-bond acceptors (Lipinski definition) is 3. The van der Waals surface area contributed by atoms with Crippen LogP contribution in [0.25, 0.3) is 0 Å². The first-order valence-corrected chi connectivity index (χ1v) is 4.10. The second kappa shape index (κ2) is 7.98. The quantitative estimate of drug-likeness (QED) is 0.564. The highest BCUT2D eigenvalue weighted by atomic mass is 16.7. The molecule has 0 heterocycles. The number of rotatable bonds is 7. The van der Waals surface area contributed by atoms with Crippen LogP contribution in [0.4, 0.5) is 0 Å². The third kappa shape index (κ3) is 6.28. The van der Waals surface area contributed by atoms with E-state index in [1.165, 1.54) is 0 Å². The van der Waals surface area contributed by atoms with E-state index in [4.69, 9.17) is 15.2 Å². The van der Waals surface area contributed by atoms with Gasteiger partial charge >= 0.3 is 0 Å². The molecule has 0 bridgehead atoms. The molecule has 0 aromatic rings. The Balaban J connectivity index is 3.34. The lowest BCUT2D eigenvalue weighted by Gasteiger charge is -2.15. The molecule has 67 valence electrons. The smallest absolute Gasteiger partial charge is 0.157 e. The zero-order chi connectivity index (χ0) is 8.53. The van der Waals surface area contributed by atoms with Crippen LogP contribution in [-0.2, 0) is 9.47 Å². The molecule has 0 aromatic heterocycles. The highest BCUT2D eigenvalue weighted by Crippen LogP contribution is 2.02. The Bertz CT molecular complexity index is 72.5. The zero-order valence-electron chi connectivity index (χ0n) is 7.38. The van der Waals surface area contributed by atoms with Crippen molar-refractivity contribution in [3.05, 3.63) is 6.42 Å². The minimum Gasteiger partial charge on any atom is -0.353 e. The minimum atomic E-state index is -0.103. The lowest BCUT2D eigenvalue weighted by Crippen LogP contribution is -2.18. The molecule has 0 saturated carbocycles. The van der Waals surface area contributed by atoms with Gasteiger partial charge in [-0.25, -0.2) is 0 Å². The van der Waals surface area contributed by atoms with Crippen LogP contribution in [0, 0.1) is 6.42 Å². The number of hydrogen-bond donors (Lipinski definition) is 1. The summed E-state index contributed by atoms with van der Waals surface area (Å²) in [6.45, 7) is 5.85. The van der Waals surface area contributed by atoms with Crippen molar-refractivity contribution in [2.75, 3.05) is 19.8 Å². The van der Waals surface area contributed by atoms with E-state index in [0.29, 0.717) is 19.8 Å². The van der Waals surface area contributed by atoms with Crippen molar-refractivity contribution >= 4 is 0 Å². The van der Waals surface area contributed by atoms with E-state index in [9.17, 15) is 0 Å². The lowest BCUT2D eigenvalue weighted by molar-refractivity contribution is -0.135. The number of nitrogens with two attached hydrogens (primary N) is 1. The van der Waals surface area contributed by atoms with Crippen molar-refractivity contribution in [1.29, 1.82) is 0 Å². The summed E-state index contributed by atoms with van der Waals surface area (Å²) in [6, 6.07) is 0. The summed E-state index contributed by atoms with van der Waals surface area (Å²) in [5.41, 5.74) is 5.30. The Labute approximate surface area is 68.9 Å². The Morgan fingerprint density at radius 1 is 1.27 bits per heavy atom. The summed E-state index contributed by atoms with van der Waals surface area (Å²) in [5.74, 6) is 0. The van der Waals surface area contributed by atoms with Crippen LogP contribution in [0.1, 0.15) is 20.3 Å². The van der Waals surface area contributed by atoms with Crippen molar-refractivity contribution < 1.29 is 9.47 Å². The van der Waals surface area contributed by atoms with Crippen molar-refractivity contribution in [2.24, 2.45) is 5.73 Å². The minimum absolute atomic E-state index is 0.103. The van der Waals surface area contributed by atoms with E-state index in [2.05, 4.69) is 0 Å². The Hall–Kier alpha value is -0.120. The molecule has 0 unspecified atom stereocenters. The van der Waals surface area contributed by atoms with Gasteiger partial charge in [0.15, 0.2) is 6.29 Å². The SMILES string of the molecule is CCOC(C[CH]CN)OCC. The van der Waals surface area contributed by atoms with Crippen LogP contribution in [0.5, 0.6) is 0 Å². The average molecular weight is 160 g/mol. The third-order valence-corrected chi connectivity index (χ3v) is 1.23. The van der Waals surface area contributed by atoms with Gasteiger partial charge in [-0.1, -0.05) is 0 Å². The summed E-state index contributed by atoms with van der Waals surface area (Å²) in [4.78, 5) is 0. The highest BCUT2D eigenvalue weighted by molar-refractivity contribution is 4.66. The van der Waals surface area contributed by atoms with Gasteiger partial charge in [-0.05, 0) is 26.8 Å². The second-order valence-corrected chi connectivity index (χ2v) is 2.10. The van der Waals surface area contributed by atoms with Gasteiger partial charge in [0.1, 0.15) is 0 Å². The summed E-state index contributed by atoms with van der Waals surface area (Å²) in [5, 5.41) is 0. The zero-order valence-corrected chi connectivity index (χ0v) is 7.38. The predicted molar refractivity (Wildman–Crippen MR) is 45.0 cm³/mol. The van der Waals surface area contributed by atoms with Crippen LogP contribution in [0.15, 0.2) is 0 Å². The molecule has 0 aromatic carbocycles. The molecule has 1 radical (unpaired) electrons. The van der Waals surface area contributed by atoms with Crippen LogP contribution in [0.2, 0.25) is 0 Å². The summed E-state index contributed by atoms with van der Waals surface area (Å²) < 4.78 is 10.6. The Morgan fingerprint density at radius 3 is 2.18 bits per heavy atom. The summed E-state index contributed by atoms with van der Waals surface area (Å²) in [7, 11) is 0. The van der Waals surface area contributed by atoms with Gasteiger partial charge in [-0.2, -0.15) is 0 Å². The molecule has 3 nitrogen and oxygen atoms in total. The lowest BCUT2D eigenvalue weighted by atomic mass is 10.3. The van der Waals surface area contributed by atoms with Gasteiger partial charge in [0.05, 0.1) is 0 Å². The standard InChI is InChI=1S/C8H18NO2/c1-3-10-8(11-4-2)6-5-7-9/h5,8H,3-4,6-7,9H2,1-2H3. The molecule has 0 atom stereocenters. The third-order valence-electron chi connectivity index (χ3n) is 1.23. The van der Waals surface area contributed by atoms with Crippen molar-refractivity contribution in [2.45, 2.75) is 26.6 Å². The normalized spacial score (nSPS) is 10.9.